The molecule has 1 aliphatic heterocycles. The van der Waals surface area contributed by atoms with Crippen LogP contribution >= 0.6 is 0 Å². The number of carbonyl (C=O) groups excluding carboxylic acids is 1. The van der Waals surface area contributed by atoms with Gasteiger partial charge in [0.2, 0.25) is 5.78 Å². The van der Waals surface area contributed by atoms with Gasteiger partial charge < -0.3 is 4.90 Å². The van der Waals surface area contributed by atoms with E-state index in [1.165, 1.54) is 5.56 Å². The Labute approximate surface area is 125 Å². The van der Waals surface area contributed by atoms with Crippen LogP contribution in [0.5, 0.6) is 0 Å². The number of nitrogens with zero attached hydrogens (tertiary/aromatic N) is 1. The third-order valence-electron chi connectivity index (χ3n) is 4.04. The molecule has 0 atom stereocenters. The summed E-state index contributed by atoms with van der Waals surface area (Å²) in [7, 11) is 0. The molecule has 0 aliphatic carbocycles. The largest absolute Gasteiger partial charge is 0.352 e. The minimum atomic E-state index is -0.420. The molecule has 106 valence electrons. The van der Waals surface area contributed by atoms with Gasteiger partial charge in [0.25, 0.3) is 0 Å². The van der Waals surface area contributed by atoms with Crippen LogP contribution in [0.3, 0.4) is 0 Å². The molecule has 0 spiro atoms. The van der Waals surface area contributed by atoms with Crippen LogP contribution in [0.1, 0.15) is 25.0 Å². The summed E-state index contributed by atoms with van der Waals surface area (Å²) in [6.07, 6.45) is 1.98. The summed E-state index contributed by atoms with van der Waals surface area (Å²) in [6, 6.07) is 20.3. The number of ketones is 1. The predicted octanol–water partition coefficient (Wildman–Crippen LogP) is 3.89. The average Bonchev–Trinajstić information content (AvgIpc) is 2.52. The standard InChI is InChI=1S/C19H19NO/c1-19(2)18(21)17(13-15-9-5-3-6-10-15)20(19)14-16-11-7-4-8-12-16/h3-13H,14H2,1-2H3/b17-13+. The van der Waals surface area contributed by atoms with E-state index in [0.717, 1.165) is 17.8 Å². The van der Waals surface area contributed by atoms with Crippen molar-refractivity contribution in [2.45, 2.75) is 25.9 Å². The van der Waals surface area contributed by atoms with Gasteiger partial charge in [-0.2, -0.15) is 0 Å². The first kappa shape index (κ1) is 13.6. The third kappa shape index (κ3) is 2.49. The van der Waals surface area contributed by atoms with E-state index in [2.05, 4.69) is 17.0 Å². The molecule has 2 aromatic carbocycles. The van der Waals surface area contributed by atoms with Gasteiger partial charge in [-0.05, 0) is 31.1 Å². The van der Waals surface area contributed by atoms with Crippen molar-refractivity contribution in [3.63, 3.8) is 0 Å². The van der Waals surface area contributed by atoms with E-state index in [-0.39, 0.29) is 5.78 Å². The summed E-state index contributed by atoms with van der Waals surface area (Å²) in [5.74, 6) is 0.210. The Morgan fingerprint density at radius 1 is 0.952 bits per heavy atom. The number of Topliss-reactive ketones (excluding diaryl/α,β-unsaturated/α-hetero) is 1. The first-order chi connectivity index (χ1) is 10.1. The molecule has 1 aliphatic rings. The van der Waals surface area contributed by atoms with Gasteiger partial charge in [0.15, 0.2) is 0 Å². The normalized spacial score (nSPS) is 18.7. The monoisotopic (exact) mass is 277 g/mol. The molecule has 0 amide bonds. The predicted molar refractivity (Wildman–Crippen MR) is 85.5 cm³/mol. The van der Waals surface area contributed by atoms with Crippen LogP contribution in [-0.2, 0) is 11.3 Å². The van der Waals surface area contributed by atoms with Crippen molar-refractivity contribution in [1.29, 1.82) is 0 Å². The fourth-order valence-corrected chi connectivity index (χ4v) is 2.71. The summed E-state index contributed by atoms with van der Waals surface area (Å²) < 4.78 is 0. The Bertz CT molecular complexity index is 671. The van der Waals surface area contributed by atoms with Crippen LogP contribution in [0.4, 0.5) is 0 Å². The van der Waals surface area contributed by atoms with Crippen LogP contribution in [0.25, 0.3) is 6.08 Å². The topological polar surface area (TPSA) is 20.3 Å². The smallest absolute Gasteiger partial charge is 0.203 e. The van der Waals surface area contributed by atoms with Gasteiger partial charge in [0.05, 0.1) is 11.2 Å². The number of carbonyl (C=O) groups is 1. The second kappa shape index (κ2) is 5.21. The lowest BCUT2D eigenvalue weighted by molar-refractivity contribution is -0.137. The maximum Gasteiger partial charge on any atom is 0.203 e. The van der Waals surface area contributed by atoms with Crippen molar-refractivity contribution < 1.29 is 4.79 Å². The van der Waals surface area contributed by atoms with Crippen molar-refractivity contribution in [1.82, 2.24) is 4.90 Å². The molecule has 0 bridgehead atoms. The number of rotatable bonds is 3. The number of benzene rings is 2. The van der Waals surface area contributed by atoms with Gasteiger partial charge in [0.1, 0.15) is 0 Å². The molecule has 0 aromatic heterocycles. The summed E-state index contributed by atoms with van der Waals surface area (Å²) in [4.78, 5) is 14.6. The van der Waals surface area contributed by atoms with Crippen LogP contribution in [0.2, 0.25) is 0 Å². The van der Waals surface area contributed by atoms with Gasteiger partial charge in [-0.3, -0.25) is 4.79 Å². The lowest BCUT2D eigenvalue weighted by atomic mass is 9.82. The quantitative estimate of drug-likeness (QED) is 0.793. The lowest BCUT2D eigenvalue weighted by Crippen LogP contribution is -2.61. The van der Waals surface area contributed by atoms with E-state index in [4.69, 9.17) is 0 Å². The molecule has 0 saturated carbocycles. The maximum absolute atomic E-state index is 12.4. The molecule has 0 N–H and O–H groups in total. The Hall–Kier alpha value is -2.35. The zero-order valence-electron chi connectivity index (χ0n) is 12.4. The van der Waals surface area contributed by atoms with Crippen molar-refractivity contribution in [2.75, 3.05) is 0 Å². The minimum Gasteiger partial charge on any atom is -0.352 e. The van der Waals surface area contributed by atoms with Crippen LogP contribution in [0, 0.1) is 0 Å². The van der Waals surface area contributed by atoms with E-state index in [9.17, 15) is 4.79 Å². The second-order valence-electron chi connectivity index (χ2n) is 5.90. The van der Waals surface area contributed by atoms with Crippen molar-refractivity contribution in [3.05, 3.63) is 77.5 Å². The number of likely N-dealkylation sites (tertiary alicyclic amines) is 1. The first-order valence-corrected chi connectivity index (χ1v) is 7.22. The van der Waals surface area contributed by atoms with Crippen molar-refractivity contribution in [2.24, 2.45) is 0 Å². The zero-order chi connectivity index (χ0) is 14.9. The maximum atomic E-state index is 12.4. The van der Waals surface area contributed by atoms with E-state index in [1.807, 2.05) is 68.5 Å². The van der Waals surface area contributed by atoms with Crippen LogP contribution in [-0.4, -0.2) is 16.2 Å². The molecular formula is C19H19NO. The van der Waals surface area contributed by atoms with Crippen LogP contribution in [0.15, 0.2) is 66.4 Å². The molecule has 21 heavy (non-hydrogen) atoms. The molecule has 0 unspecified atom stereocenters. The molecule has 1 fully saturated rings. The van der Waals surface area contributed by atoms with Crippen molar-refractivity contribution >= 4 is 11.9 Å². The Morgan fingerprint density at radius 3 is 2.14 bits per heavy atom. The van der Waals surface area contributed by atoms with Gasteiger partial charge in [-0.15, -0.1) is 0 Å². The summed E-state index contributed by atoms with van der Waals surface area (Å²) in [5.41, 5.74) is 2.66. The zero-order valence-corrected chi connectivity index (χ0v) is 12.4. The molecule has 1 heterocycles. The molecular weight excluding hydrogens is 258 g/mol. The first-order valence-electron chi connectivity index (χ1n) is 7.22. The van der Waals surface area contributed by atoms with Crippen LogP contribution < -0.4 is 0 Å². The SMILES string of the molecule is CC1(C)C(=O)/C(=C\c2ccccc2)N1Cc1ccccc1. The lowest BCUT2D eigenvalue weighted by Gasteiger charge is -2.50. The number of hydrogen-bond acceptors (Lipinski definition) is 2. The fraction of sp³-hybridized carbons (Fsp3) is 0.211. The highest BCUT2D eigenvalue weighted by atomic mass is 16.1. The van der Waals surface area contributed by atoms with Gasteiger partial charge in [-0.25, -0.2) is 0 Å². The molecule has 2 nitrogen and oxygen atoms in total. The average molecular weight is 277 g/mol. The number of hydrogen-bond donors (Lipinski definition) is 0. The molecule has 2 heteroatoms. The molecule has 0 radical (unpaired) electrons. The molecule has 1 saturated heterocycles. The van der Waals surface area contributed by atoms with Gasteiger partial charge in [0, 0.05) is 6.54 Å². The van der Waals surface area contributed by atoms with E-state index < -0.39 is 5.54 Å². The summed E-state index contributed by atoms with van der Waals surface area (Å²) >= 11 is 0. The fourth-order valence-electron chi connectivity index (χ4n) is 2.71. The highest BCUT2D eigenvalue weighted by Gasteiger charge is 2.49. The highest BCUT2D eigenvalue weighted by Crippen LogP contribution is 2.38. The van der Waals surface area contributed by atoms with E-state index >= 15 is 0 Å². The Kier molecular flexibility index (Phi) is 3.38. The van der Waals surface area contributed by atoms with Crippen molar-refractivity contribution in [3.8, 4) is 0 Å². The summed E-state index contributed by atoms with van der Waals surface area (Å²) in [5, 5.41) is 0. The minimum absolute atomic E-state index is 0.210. The third-order valence-corrected chi connectivity index (χ3v) is 4.04. The van der Waals surface area contributed by atoms with Gasteiger partial charge >= 0.3 is 0 Å². The molecule has 2 aromatic rings. The van der Waals surface area contributed by atoms with E-state index in [1.54, 1.807) is 0 Å². The molecule has 3 rings (SSSR count). The van der Waals surface area contributed by atoms with E-state index in [0.29, 0.717) is 0 Å². The Morgan fingerprint density at radius 2 is 1.52 bits per heavy atom. The summed E-state index contributed by atoms with van der Waals surface area (Å²) in [6.45, 7) is 4.74. The Balaban J connectivity index is 1.89. The van der Waals surface area contributed by atoms with Gasteiger partial charge in [-0.1, -0.05) is 60.7 Å². The second-order valence-corrected chi connectivity index (χ2v) is 5.90. The highest BCUT2D eigenvalue weighted by molar-refractivity contribution is 6.11.